The van der Waals surface area contributed by atoms with Gasteiger partial charge < -0.3 is 4.74 Å². The lowest BCUT2D eigenvalue weighted by atomic mass is 10.2. The molecule has 0 aliphatic carbocycles. The largest absolute Gasteiger partial charge is 0.496 e. The van der Waals surface area contributed by atoms with Crippen molar-refractivity contribution in [3.63, 3.8) is 0 Å². The molecule has 0 saturated heterocycles. The maximum atomic E-state index is 5.04. The molecule has 0 unspecified atom stereocenters. The Balaban J connectivity index is 0.000000810. The van der Waals surface area contributed by atoms with Crippen molar-refractivity contribution >= 4 is 0 Å². The summed E-state index contributed by atoms with van der Waals surface area (Å²) in [6.07, 6.45) is 0. The molecule has 1 heteroatoms. The molecule has 50 valence electrons. The van der Waals surface area contributed by atoms with Crippen LogP contribution in [0.2, 0.25) is 0 Å². The highest BCUT2D eigenvalue weighted by molar-refractivity contribution is 5.31. The summed E-state index contributed by atoms with van der Waals surface area (Å²) in [7, 11) is 1.68. The van der Waals surface area contributed by atoms with Gasteiger partial charge in [-0.3, -0.25) is 0 Å². The summed E-state index contributed by atoms with van der Waals surface area (Å²) in [5.41, 5.74) is 1.18. The zero-order valence-electron chi connectivity index (χ0n) is 5.72. The minimum atomic E-state index is 0. The smallest absolute Gasteiger partial charge is 0.121 e. The van der Waals surface area contributed by atoms with Crippen LogP contribution in [0.5, 0.6) is 5.75 Å². The molecule has 1 nitrogen and oxygen atoms in total. The van der Waals surface area contributed by atoms with E-state index in [0.717, 1.165) is 5.75 Å². The van der Waals surface area contributed by atoms with E-state index in [0.29, 0.717) is 0 Å². The zero-order valence-corrected chi connectivity index (χ0v) is 5.72. The van der Waals surface area contributed by atoms with Gasteiger partial charge in [-0.1, -0.05) is 18.2 Å². The Hall–Kier alpha value is -0.980. The van der Waals surface area contributed by atoms with Crippen LogP contribution in [0, 0.1) is 6.92 Å². The van der Waals surface area contributed by atoms with Crippen LogP contribution in [0.4, 0.5) is 0 Å². The molecule has 0 saturated carbocycles. The van der Waals surface area contributed by atoms with Crippen molar-refractivity contribution in [2.75, 3.05) is 7.11 Å². The van der Waals surface area contributed by atoms with E-state index in [1.54, 1.807) is 7.11 Å². The Kier molecular flexibility index (Phi) is 1.73. The Morgan fingerprint density at radius 3 is 2.44 bits per heavy atom. The van der Waals surface area contributed by atoms with Crippen LogP contribution in [0.1, 0.15) is 6.99 Å². The fraction of sp³-hybridized carbons (Fsp3) is 0.250. The number of hydrogen-bond acceptors (Lipinski definition) is 1. The number of rotatable bonds is 1. The molecule has 0 N–H and O–H groups in total. The number of aryl methyl sites for hydroxylation is 1. The SMILES string of the molecule is COc1ccccc1C.[HH]. The summed E-state index contributed by atoms with van der Waals surface area (Å²) in [4.78, 5) is 0. The summed E-state index contributed by atoms with van der Waals surface area (Å²) in [5, 5.41) is 0. The average molecular weight is 124 g/mol. The molecule has 0 spiro atoms. The molecule has 0 aliphatic rings. The van der Waals surface area contributed by atoms with Gasteiger partial charge in [0, 0.05) is 1.43 Å². The molecule has 0 atom stereocenters. The monoisotopic (exact) mass is 124 g/mol. The first-order valence-electron chi connectivity index (χ1n) is 2.94. The highest BCUT2D eigenvalue weighted by Crippen LogP contribution is 2.14. The van der Waals surface area contributed by atoms with Gasteiger partial charge >= 0.3 is 0 Å². The van der Waals surface area contributed by atoms with Gasteiger partial charge in [-0.05, 0) is 18.6 Å². The number of methoxy groups -OCH3 is 1. The molecular weight excluding hydrogens is 112 g/mol. The maximum absolute atomic E-state index is 5.04. The molecule has 0 amide bonds. The van der Waals surface area contributed by atoms with E-state index >= 15 is 0 Å². The first kappa shape index (κ1) is 6.14. The van der Waals surface area contributed by atoms with E-state index in [9.17, 15) is 0 Å². The minimum Gasteiger partial charge on any atom is -0.496 e. The maximum Gasteiger partial charge on any atom is 0.121 e. The summed E-state index contributed by atoms with van der Waals surface area (Å²) < 4.78 is 5.04. The molecule has 1 aromatic carbocycles. The number of hydrogen-bond donors (Lipinski definition) is 0. The molecule has 0 heterocycles. The van der Waals surface area contributed by atoms with Gasteiger partial charge in [0.15, 0.2) is 0 Å². The quantitative estimate of drug-likeness (QED) is 0.558. The van der Waals surface area contributed by atoms with Crippen molar-refractivity contribution < 1.29 is 6.16 Å². The lowest BCUT2D eigenvalue weighted by Crippen LogP contribution is -1.84. The fourth-order valence-electron chi connectivity index (χ4n) is 0.785. The summed E-state index contributed by atoms with van der Waals surface area (Å²) in [6, 6.07) is 7.94. The standard InChI is InChI=1S/C8H10O.H2/c1-7-5-3-4-6-8(7)9-2;/h3-6H,1-2H3;1H. The lowest BCUT2D eigenvalue weighted by Gasteiger charge is -2.00. The minimum absolute atomic E-state index is 0. The third-order valence-electron chi connectivity index (χ3n) is 1.31. The van der Waals surface area contributed by atoms with Crippen LogP contribution in [-0.4, -0.2) is 7.11 Å². The van der Waals surface area contributed by atoms with Gasteiger partial charge in [-0.2, -0.15) is 0 Å². The molecule has 1 rings (SSSR count). The van der Waals surface area contributed by atoms with Crippen molar-refractivity contribution in [1.29, 1.82) is 0 Å². The van der Waals surface area contributed by atoms with Gasteiger partial charge in [0.2, 0.25) is 0 Å². The van der Waals surface area contributed by atoms with Gasteiger partial charge in [0.1, 0.15) is 5.75 Å². The third kappa shape index (κ3) is 1.22. The normalized spacial score (nSPS) is 9.11. The second kappa shape index (κ2) is 2.53. The number of benzene rings is 1. The van der Waals surface area contributed by atoms with Gasteiger partial charge in [-0.15, -0.1) is 0 Å². The van der Waals surface area contributed by atoms with E-state index < -0.39 is 0 Å². The second-order valence-corrected chi connectivity index (χ2v) is 1.97. The molecule has 0 aromatic heterocycles. The molecule has 0 fully saturated rings. The Bertz CT molecular complexity index is 198. The molecule has 9 heavy (non-hydrogen) atoms. The van der Waals surface area contributed by atoms with E-state index in [2.05, 4.69) is 0 Å². The predicted molar refractivity (Wildman–Crippen MR) is 39.8 cm³/mol. The fourth-order valence-corrected chi connectivity index (χ4v) is 0.785. The highest BCUT2D eigenvalue weighted by atomic mass is 16.5. The molecule has 0 radical (unpaired) electrons. The predicted octanol–water partition coefficient (Wildman–Crippen LogP) is 2.25. The third-order valence-corrected chi connectivity index (χ3v) is 1.31. The zero-order chi connectivity index (χ0) is 6.69. The highest BCUT2D eigenvalue weighted by Gasteiger charge is 1.90. The second-order valence-electron chi connectivity index (χ2n) is 1.97. The number of ether oxygens (including phenoxy) is 1. The molecular formula is C8H12O. The molecule has 0 aliphatic heterocycles. The van der Waals surface area contributed by atoms with Crippen LogP contribution >= 0.6 is 0 Å². The van der Waals surface area contributed by atoms with Gasteiger partial charge in [0.05, 0.1) is 7.11 Å². The summed E-state index contributed by atoms with van der Waals surface area (Å²) >= 11 is 0. The van der Waals surface area contributed by atoms with Crippen LogP contribution in [0.3, 0.4) is 0 Å². The van der Waals surface area contributed by atoms with Crippen molar-refractivity contribution in [2.24, 2.45) is 0 Å². The van der Waals surface area contributed by atoms with E-state index in [4.69, 9.17) is 4.74 Å². The van der Waals surface area contributed by atoms with E-state index in [1.165, 1.54) is 5.56 Å². The Morgan fingerprint density at radius 2 is 2.00 bits per heavy atom. The van der Waals surface area contributed by atoms with Crippen molar-refractivity contribution in [1.82, 2.24) is 0 Å². The van der Waals surface area contributed by atoms with Crippen LogP contribution < -0.4 is 4.74 Å². The topological polar surface area (TPSA) is 9.23 Å². The van der Waals surface area contributed by atoms with Gasteiger partial charge in [0.25, 0.3) is 0 Å². The number of para-hydroxylation sites is 1. The molecule has 0 bridgehead atoms. The van der Waals surface area contributed by atoms with Crippen molar-refractivity contribution in [3.8, 4) is 5.75 Å². The average Bonchev–Trinajstić information content (AvgIpc) is 1.89. The van der Waals surface area contributed by atoms with Crippen LogP contribution in [-0.2, 0) is 0 Å². The van der Waals surface area contributed by atoms with E-state index in [-0.39, 0.29) is 1.43 Å². The van der Waals surface area contributed by atoms with Crippen molar-refractivity contribution in [2.45, 2.75) is 6.92 Å². The van der Waals surface area contributed by atoms with Crippen LogP contribution in [0.15, 0.2) is 24.3 Å². The first-order chi connectivity index (χ1) is 4.34. The first-order valence-corrected chi connectivity index (χ1v) is 2.94. The van der Waals surface area contributed by atoms with Crippen LogP contribution in [0.25, 0.3) is 0 Å². The van der Waals surface area contributed by atoms with Crippen molar-refractivity contribution in [3.05, 3.63) is 29.8 Å². The summed E-state index contributed by atoms with van der Waals surface area (Å²) in [6.45, 7) is 2.03. The molecule has 1 aromatic rings. The summed E-state index contributed by atoms with van der Waals surface area (Å²) in [5.74, 6) is 0.956. The lowest BCUT2D eigenvalue weighted by molar-refractivity contribution is 0.411. The Labute approximate surface area is 56.8 Å². The van der Waals surface area contributed by atoms with Gasteiger partial charge in [-0.25, -0.2) is 0 Å². The van der Waals surface area contributed by atoms with E-state index in [1.807, 2.05) is 31.2 Å². The Morgan fingerprint density at radius 1 is 1.33 bits per heavy atom.